The van der Waals surface area contributed by atoms with Crippen molar-refractivity contribution in [1.82, 2.24) is 9.55 Å². The number of fused-ring (bicyclic) bond motifs is 1. The fraction of sp³-hybridized carbons (Fsp3) is 0.300. The van der Waals surface area contributed by atoms with Gasteiger partial charge in [-0.05, 0) is 0 Å². The molecule has 1 saturated heterocycles. The van der Waals surface area contributed by atoms with Gasteiger partial charge in [0.25, 0.3) is 0 Å². The molecular weight excluding hydrogens is 601 g/mol. The Bertz CT molecular complexity index is 1170. The van der Waals surface area contributed by atoms with Crippen LogP contribution in [0.5, 0.6) is 5.75 Å². The molecule has 0 spiro atoms. The molecule has 2 heterocycles. The molecule has 10 nitrogen and oxygen atoms in total. The molecule has 0 aliphatic carbocycles. The number of nitrogens with zero attached hydrogens (tertiary/aromatic N) is 2. The molecule has 3 aromatic rings. The second-order valence-electron chi connectivity index (χ2n) is 7.17. The minimum atomic E-state index is -4.24. The fourth-order valence-corrected chi connectivity index (χ4v) is 6.82. The molecular formula is C20H21N3O7Pb. The molecule has 1 aliphatic rings. The second kappa shape index (κ2) is 9.08. The number of aliphatic hydroxyl groups is 2. The normalized spacial score (nSPS) is 24.2. The van der Waals surface area contributed by atoms with Gasteiger partial charge in [0.05, 0.1) is 0 Å². The molecule has 1 aromatic heterocycles. The van der Waals surface area contributed by atoms with Crippen molar-refractivity contribution in [2.24, 2.45) is 0 Å². The molecule has 0 saturated carbocycles. The number of nitrogens with two attached hydrogens (primary N) is 1. The molecule has 0 radical (unpaired) electrons. The average molecular weight is 623 g/mol. The van der Waals surface area contributed by atoms with E-state index in [9.17, 15) is 17.7 Å². The first kappa shape index (κ1) is 22.0. The quantitative estimate of drug-likeness (QED) is 0.335. The van der Waals surface area contributed by atoms with Gasteiger partial charge in [-0.1, -0.05) is 0 Å². The molecule has 0 bridgehead atoms. The number of benzene rings is 2. The second-order valence-corrected chi connectivity index (χ2v) is 10.8. The Morgan fingerprint density at radius 2 is 1.90 bits per heavy atom. The number of aromatic nitrogens is 2. The van der Waals surface area contributed by atoms with Crippen molar-refractivity contribution in [1.29, 1.82) is 0 Å². The summed E-state index contributed by atoms with van der Waals surface area (Å²) in [5.74, 6) is 0.476. The van der Waals surface area contributed by atoms with Gasteiger partial charge >= 0.3 is 187 Å². The Hall–Kier alpha value is -2.26. The third-order valence-corrected chi connectivity index (χ3v) is 8.78. The van der Waals surface area contributed by atoms with Crippen LogP contribution in [0, 0.1) is 0 Å². The monoisotopic (exact) mass is 623 g/mol. The van der Waals surface area contributed by atoms with Crippen molar-refractivity contribution in [2.45, 2.75) is 37.6 Å². The number of ether oxygens (including phenoxy) is 1. The summed E-state index contributed by atoms with van der Waals surface area (Å²) in [6, 6.07) is 14.3. The first-order chi connectivity index (χ1) is 14.8. The first-order valence-corrected chi connectivity index (χ1v) is 14.3. The Balaban J connectivity index is 1.46. The number of hydrogen-bond acceptors (Lipinski definition) is 9. The summed E-state index contributed by atoms with van der Waals surface area (Å²) in [5, 5.41) is 22.5. The van der Waals surface area contributed by atoms with Crippen molar-refractivity contribution in [3.8, 4) is 5.75 Å². The van der Waals surface area contributed by atoms with Gasteiger partial charge in [0.2, 0.25) is 0 Å². The molecule has 1 fully saturated rings. The van der Waals surface area contributed by atoms with E-state index in [-0.39, 0.29) is 5.82 Å². The summed E-state index contributed by atoms with van der Waals surface area (Å²) in [7, 11) is 0. The number of aliphatic hydroxyl groups excluding tert-OH is 2. The van der Waals surface area contributed by atoms with E-state index in [1.54, 1.807) is 19.1 Å². The zero-order valence-electron chi connectivity index (χ0n) is 16.5. The Morgan fingerprint density at radius 1 is 1.16 bits per heavy atom. The zero-order valence-corrected chi connectivity index (χ0v) is 20.4. The summed E-state index contributed by atoms with van der Waals surface area (Å²) >= 11 is -4.24. The van der Waals surface area contributed by atoms with E-state index in [1.165, 1.54) is 12.3 Å². The van der Waals surface area contributed by atoms with Crippen LogP contribution in [0.3, 0.4) is 0 Å². The maximum absolute atomic E-state index is 12.6. The Labute approximate surface area is 186 Å². The van der Waals surface area contributed by atoms with Crippen LogP contribution >= 0.6 is 0 Å². The number of anilines is 1. The predicted octanol–water partition coefficient (Wildman–Crippen LogP) is 0.497. The van der Waals surface area contributed by atoms with Crippen molar-refractivity contribution in [2.75, 3.05) is 5.73 Å². The van der Waals surface area contributed by atoms with E-state index in [0.29, 0.717) is 5.75 Å². The van der Waals surface area contributed by atoms with Gasteiger partial charge in [0.1, 0.15) is 0 Å². The van der Waals surface area contributed by atoms with Crippen LogP contribution in [0.2, 0.25) is 0 Å². The van der Waals surface area contributed by atoms with Crippen molar-refractivity contribution in [3.05, 3.63) is 65.2 Å². The minimum absolute atomic E-state index is 0.0246. The van der Waals surface area contributed by atoms with Crippen LogP contribution in [-0.4, -0.2) is 67.8 Å². The van der Waals surface area contributed by atoms with E-state index < -0.39 is 60.0 Å². The summed E-state index contributed by atoms with van der Waals surface area (Å²) in [6.07, 6.45) is -4.55. The molecule has 11 heteroatoms. The zero-order chi connectivity index (χ0) is 22.1. The number of hydrogen-bond donors (Lipinski definition) is 3. The first-order valence-electron chi connectivity index (χ1n) is 9.57. The maximum atomic E-state index is 12.6. The molecule has 31 heavy (non-hydrogen) atoms. The molecule has 162 valence electrons. The van der Waals surface area contributed by atoms with Crippen LogP contribution in [0.25, 0.3) is 10.8 Å². The molecule has 4 N–H and O–H groups in total. The third kappa shape index (κ3) is 4.52. The van der Waals surface area contributed by atoms with Gasteiger partial charge in [-0.2, -0.15) is 0 Å². The van der Waals surface area contributed by atoms with E-state index in [1.807, 2.05) is 30.3 Å². The predicted molar refractivity (Wildman–Crippen MR) is 110 cm³/mol. The third-order valence-electron chi connectivity index (χ3n) is 5.09. The van der Waals surface area contributed by atoms with E-state index in [4.69, 9.17) is 15.8 Å². The molecule has 4 rings (SSSR count). The van der Waals surface area contributed by atoms with E-state index in [2.05, 4.69) is 4.98 Å². The van der Waals surface area contributed by atoms with Crippen LogP contribution in [0.1, 0.15) is 13.2 Å². The van der Waals surface area contributed by atoms with E-state index >= 15 is 0 Å². The number of nitrogen functional groups attached to an aromatic ring is 1. The molecule has 1 aliphatic heterocycles. The van der Waals surface area contributed by atoms with Gasteiger partial charge in [0.15, 0.2) is 0 Å². The fourth-order valence-electron chi connectivity index (χ4n) is 3.54. The van der Waals surface area contributed by atoms with Gasteiger partial charge in [0, 0.05) is 0 Å². The van der Waals surface area contributed by atoms with Crippen LogP contribution in [0.15, 0.2) is 59.5 Å². The Morgan fingerprint density at radius 3 is 2.68 bits per heavy atom. The summed E-state index contributed by atoms with van der Waals surface area (Å²) < 4.78 is 30.5. The average Bonchev–Trinajstić information content (AvgIpc) is 3.03. The van der Waals surface area contributed by atoms with Crippen LogP contribution in [-0.2, 0) is 10.1 Å². The Kier molecular flexibility index (Phi) is 6.43. The molecule has 0 amide bonds. The van der Waals surface area contributed by atoms with Crippen LogP contribution in [0.4, 0.5) is 5.82 Å². The SMILES string of the molecule is CC([O][Pb](=[O])[O]c1cccc2ccccc12)C1OC(n2ccc(N)nc2=O)[C@H](O)[C@@H]1O. The summed E-state index contributed by atoms with van der Waals surface area (Å²) in [6.45, 7) is 1.56. The molecule has 2 aromatic carbocycles. The van der Waals surface area contributed by atoms with Crippen molar-refractivity contribution >= 4 is 40.2 Å². The molecule has 5 atom stereocenters. The van der Waals surface area contributed by atoms with Gasteiger partial charge in [-0.25, -0.2) is 0 Å². The van der Waals surface area contributed by atoms with Crippen LogP contribution < -0.4 is 14.1 Å². The standard InChI is InChI=1S/C10H14N3O5.C10H8O.O.Pb/c1-4(14)8-6(15)7(16)9(18-8)13-3-2-5(11)12-10(13)17;11-10-7-3-5-8-4-1-2-6-9(8)10;;/h2-4,6-9,15-16H,1H3,(H2,11,12,17);1-7,11H;;/q-1;;;+2/p-1/t4?,6-,7+,8?,9?;;;/m0.../s1. The van der Waals surface area contributed by atoms with Crippen molar-refractivity contribution in [3.63, 3.8) is 0 Å². The van der Waals surface area contributed by atoms with Crippen molar-refractivity contribution < 1.29 is 23.0 Å². The summed E-state index contributed by atoms with van der Waals surface area (Å²) in [4.78, 5) is 15.6. The van der Waals surface area contributed by atoms with Gasteiger partial charge in [-0.15, -0.1) is 0 Å². The summed E-state index contributed by atoms with van der Waals surface area (Å²) in [5.41, 5.74) is 4.75. The topological polar surface area (TPSA) is 146 Å². The molecule has 3 unspecified atom stereocenters. The van der Waals surface area contributed by atoms with Gasteiger partial charge in [-0.3, -0.25) is 0 Å². The number of rotatable bonds is 6. The van der Waals surface area contributed by atoms with E-state index in [0.717, 1.165) is 15.3 Å². The van der Waals surface area contributed by atoms with Gasteiger partial charge < -0.3 is 0 Å².